The van der Waals surface area contributed by atoms with Gasteiger partial charge in [0.05, 0.1) is 0 Å². The van der Waals surface area contributed by atoms with Gasteiger partial charge in [-0.05, 0) is 13.0 Å². The molecule has 0 aromatic heterocycles. The Morgan fingerprint density at radius 2 is 1.92 bits per heavy atom. The summed E-state index contributed by atoms with van der Waals surface area (Å²) in [6.45, 7) is 9.50. The average Bonchev–Trinajstić information content (AvgIpc) is 3.33. The van der Waals surface area contributed by atoms with Crippen molar-refractivity contribution in [3.63, 3.8) is 0 Å². The van der Waals surface area contributed by atoms with E-state index in [1.807, 2.05) is 0 Å². The minimum atomic E-state index is -0.362. The maximum atomic E-state index is 12.2. The van der Waals surface area contributed by atoms with Crippen LogP contribution in [0, 0.1) is 18.3 Å². The van der Waals surface area contributed by atoms with Gasteiger partial charge in [-0.15, -0.1) is 12.3 Å². The topological polar surface area (TPSA) is 60.3 Å². The first-order valence-corrected chi connectivity index (χ1v) is 9.02. The molecule has 0 aromatic carbocycles. The molecule has 0 bridgehead atoms. The zero-order valence-electron chi connectivity index (χ0n) is 15.3. The molecule has 1 amide bonds. The molecule has 1 fully saturated rings. The summed E-state index contributed by atoms with van der Waals surface area (Å²) < 4.78 is 0. The maximum Gasteiger partial charge on any atom is 0.220 e. The maximum absolute atomic E-state index is 12.2. The lowest BCUT2D eigenvalue weighted by Crippen LogP contribution is -2.54. The summed E-state index contributed by atoms with van der Waals surface area (Å²) in [5.41, 5.74) is -0.362. The number of nitrogens with zero attached hydrogens (tertiary/aromatic N) is 4. The minimum absolute atomic E-state index is 0.0900. The first-order chi connectivity index (χ1) is 11.5. The van der Waals surface area contributed by atoms with Gasteiger partial charge in [-0.3, -0.25) is 9.69 Å². The van der Waals surface area contributed by atoms with E-state index in [0.29, 0.717) is 37.8 Å². The second-order valence-corrected chi connectivity index (χ2v) is 7.34. The quantitative estimate of drug-likeness (QED) is 0.654. The molecule has 1 N–H and O–H groups in total. The second-order valence-electron chi connectivity index (χ2n) is 7.34. The number of hydrogen-bond donors (Lipinski definition) is 1. The van der Waals surface area contributed by atoms with Crippen LogP contribution in [0.15, 0.2) is 10.2 Å². The predicted molar refractivity (Wildman–Crippen MR) is 95.6 cm³/mol. The largest absolute Gasteiger partial charge is 0.355 e. The highest BCUT2D eigenvalue weighted by molar-refractivity contribution is 5.76. The summed E-state index contributed by atoms with van der Waals surface area (Å²) in [5.74, 6) is 3.22. The van der Waals surface area contributed by atoms with Gasteiger partial charge in [-0.1, -0.05) is 13.8 Å². The summed E-state index contributed by atoms with van der Waals surface area (Å²) in [5, 5.41) is 11.3. The number of carbonyl (C=O) groups excluding carboxylic acids is 1. The summed E-state index contributed by atoms with van der Waals surface area (Å²) in [6, 6.07) is 0.397. The summed E-state index contributed by atoms with van der Waals surface area (Å²) in [7, 11) is 2.16. The van der Waals surface area contributed by atoms with Crippen LogP contribution in [0.1, 0.15) is 39.5 Å². The van der Waals surface area contributed by atoms with Gasteiger partial charge in [0.25, 0.3) is 0 Å². The van der Waals surface area contributed by atoms with E-state index in [9.17, 15) is 4.79 Å². The van der Waals surface area contributed by atoms with E-state index in [-0.39, 0.29) is 11.6 Å². The Hall–Kier alpha value is -1.45. The van der Waals surface area contributed by atoms with E-state index < -0.39 is 0 Å². The van der Waals surface area contributed by atoms with Crippen LogP contribution in [0.2, 0.25) is 0 Å². The predicted octanol–water partition coefficient (Wildman–Crippen LogP) is 1.73. The zero-order valence-corrected chi connectivity index (χ0v) is 15.3. The van der Waals surface area contributed by atoms with Gasteiger partial charge in [0.15, 0.2) is 5.66 Å². The van der Waals surface area contributed by atoms with E-state index in [4.69, 9.17) is 6.42 Å². The highest BCUT2D eigenvalue weighted by Crippen LogP contribution is 2.37. The van der Waals surface area contributed by atoms with Gasteiger partial charge < -0.3 is 10.2 Å². The van der Waals surface area contributed by atoms with E-state index >= 15 is 0 Å². The number of piperazine rings is 1. The second kappa shape index (κ2) is 8.59. The Labute approximate surface area is 146 Å². The molecule has 134 valence electrons. The van der Waals surface area contributed by atoms with E-state index in [2.05, 4.69) is 52.2 Å². The Bertz CT molecular complexity index is 482. The molecule has 2 aliphatic heterocycles. The molecule has 0 spiro atoms. The van der Waals surface area contributed by atoms with Crippen LogP contribution in [0.5, 0.6) is 0 Å². The van der Waals surface area contributed by atoms with Crippen molar-refractivity contribution in [3.05, 3.63) is 0 Å². The van der Waals surface area contributed by atoms with Crippen molar-refractivity contribution in [2.75, 3.05) is 39.8 Å². The number of terminal acetylenes is 1. The van der Waals surface area contributed by atoms with Crippen molar-refractivity contribution in [1.82, 2.24) is 15.1 Å². The molecule has 1 saturated heterocycles. The van der Waals surface area contributed by atoms with Crippen molar-refractivity contribution < 1.29 is 4.79 Å². The fraction of sp³-hybridized carbons (Fsp3) is 0.833. The van der Waals surface area contributed by atoms with Crippen LogP contribution in [-0.2, 0) is 4.79 Å². The molecule has 0 aliphatic carbocycles. The molecule has 0 aromatic rings. The van der Waals surface area contributed by atoms with Gasteiger partial charge >= 0.3 is 0 Å². The molecule has 24 heavy (non-hydrogen) atoms. The van der Waals surface area contributed by atoms with E-state index in [1.54, 1.807) is 0 Å². The van der Waals surface area contributed by atoms with Crippen molar-refractivity contribution >= 4 is 5.91 Å². The van der Waals surface area contributed by atoms with Crippen LogP contribution in [0.4, 0.5) is 0 Å². The number of rotatable bonds is 9. The summed E-state index contributed by atoms with van der Waals surface area (Å²) in [4.78, 5) is 17.0. The first kappa shape index (κ1) is 18.9. The molecule has 0 saturated carbocycles. The Kier molecular flexibility index (Phi) is 6.76. The molecule has 1 unspecified atom stereocenters. The first-order valence-electron chi connectivity index (χ1n) is 9.02. The molecule has 2 rings (SSSR count). The average molecular weight is 333 g/mol. The molecule has 6 nitrogen and oxygen atoms in total. The Morgan fingerprint density at radius 3 is 2.46 bits per heavy atom. The lowest BCUT2D eigenvalue weighted by Gasteiger charge is -2.39. The number of amides is 1. The monoisotopic (exact) mass is 333 g/mol. The smallest absolute Gasteiger partial charge is 0.220 e. The highest BCUT2D eigenvalue weighted by atomic mass is 16.1. The van der Waals surface area contributed by atoms with Crippen LogP contribution in [-0.4, -0.2) is 67.2 Å². The fourth-order valence-electron chi connectivity index (χ4n) is 3.23. The van der Waals surface area contributed by atoms with Crippen molar-refractivity contribution in [3.8, 4) is 12.3 Å². The molecule has 2 heterocycles. The van der Waals surface area contributed by atoms with Gasteiger partial charge in [0.1, 0.15) is 0 Å². The van der Waals surface area contributed by atoms with Crippen LogP contribution in [0.25, 0.3) is 0 Å². The van der Waals surface area contributed by atoms with Crippen LogP contribution < -0.4 is 5.32 Å². The highest BCUT2D eigenvalue weighted by Gasteiger charge is 2.39. The standard InChI is InChI=1S/C18H31N5O/c1-5-6-8-18(20-21-18)9-7-17(24)19-14-16(15(2)3)23-12-10-22(4)11-13-23/h1,15-16H,6-14H2,2-4H3,(H,19,24). The number of likely N-dealkylation sites (N-methyl/N-ethyl adjacent to an activating group) is 1. The SMILES string of the molecule is C#CCCC1(CCC(=O)NCC(C(C)C)N2CCN(C)CC2)N=N1. The Morgan fingerprint density at radius 1 is 1.25 bits per heavy atom. The summed E-state index contributed by atoms with van der Waals surface area (Å²) in [6.07, 6.45) is 7.84. The normalized spacial score (nSPS) is 21.5. The fourth-order valence-corrected chi connectivity index (χ4v) is 3.23. The minimum Gasteiger partial charge on any atom is -0.355 e. The third-order valence-corrected chi connectivity index (χ3v) is 5.09. The molecule has 1 atom stereocenters. The lowest BCUT2D eigenvalue weighted by atomic mass is 10.0. The number of carbonyl (C=O) groups is 1. The van der Waals surface area contributed by atoms with Crippen molar-refractivity contribution in [2.24, 2.45) is 16.1 Å². The van der Waals surface area contributed by atoms with Crippen molar-refractivity contribution in [1.29, 1.82) is 0 Å². The van der Waals surface area contributed by atoms with E-state index in [1.165, 1.54) is 0 Å². The van der Waals surface area contributed by atoms with Gasteiger partial charge in [0.2, 0.25) is 5.91 Å². The van der Waals surface area contributed by atoms with Crippen LogP contribution >= 0.6 is 0 Å². The molecule has 2 aliphatic rings. The van der Waals surface area contributed by atoms with Gasteiger partial charge in [-0.25, -0.2) is 0 Å². The van der Waals surface area contributed by atoms with Crippen LogP contribution in [0.3, 0.4) is 0 Å². The third-order valence-electron chi connectivity index (χ3n) is 5.09. The molecular weight excluding hydrogens is 302 g/mol. The van der Waals surface area contributed by atoms with Gasteiger partial charge in [0, 0.05) is 64.4 Å². The zero-order chi connectivity index (χ0) is 17.6. The van der Waals surface area contributed by atoms with E-state index in [0.717, 1.165) is 32.6 Å². The molecule has 0 radical (unpaired) electrons. The number of nitrogens with one attached hydrogen (secondary N) is 1. The molecule has 6 heteroatoms. The lowest BCUT2D eigenvalue weighted by molar-refractivity contribution is -0.121. The van der Waals surface area contributed by atoms with Gasteiger partial charge in [-0.2, -0.15) is 10.2 Å². The summed E-state index contributed by atoms with van der Waals surface area (Å²) >= 11 is 0. The molecular formula is C18H31N5O. The third kappa shape index (κ3) is 5.57. The Balaban J connectivity index is 1.71. The van der Waals surface area contributed by atoms with Crippen molar-refractivity contribution in [2.45, 2.75) is 51.2 Å². The number of hydrogen-bond acceptors (Lipinski definition) is 5.